The molecule has 0 radical (unpaired) electrons. The van der Waals surface area contributed by atoms with Gasteiger partial charge in [0.1, 0.15) is 0 Å². The first kappa shape index (κ1) is 18.0. The lowest BCUT2D eigenvalue weighted by Crippen LogP contribution is -2.15. The topological polar surface area (TPSA) is 77.5 Å². The number of nitro groups is 1. The Labute approximate surface area is 157 Å². The van der Waals surface area contributed by atoms with Crippen LogP contribution in [0.3, 0.4) is 0 Å². The van der Waals surface area contributed by atoms with E-state index < -0.39 is 10.8 Å². The highest BCUT2D eigenvalue weighted by molar-refractivity contribution is 7.16. The summed E-state index contributed by atoms with van der Waals surface area (Å²) < 4.78 is 2.89. The summed E-state index contributed by atoms with van der Waals surface area (Å²) in [7, 11) is 0. The van der Waals surface area contributed by atoms with E-state index in [4.69, 9.17) is 11.6 Å². The van der Waals surface area contributed by atoms with E-state index in [2.05, 4.69) is 4.99 Å². The molecule has 26 heavy (non-hydrogen) atoms. The molecule has 2 aromatic carbocycles. The SMILES string of the molecule is CCn1c(=NC(=O)C=Cc2cccc([N+](=O)[O-])c2)sc2cc(Cl)ccc21. The largest absolute Gasteiger partial charge is 0.317 e. The Kier molecular flexibility index (Phi) is 5.29. The number of carbonyl (C=O) groups is 1. The number of benzene rings is 2. The Morgan fingerprint density at radius 1 is 1.35 bits per heavy atom. The molecule has 1 aromatic heterocycles. The van der Waals surface area contributed by atoms with Gasteiger partial charge in [-0.3, -0.25) is 14.9 Å². The zero-order valence-corrected chi connectivity index (χ0v) is 15.3. The number of aryl methyl sites for hydroxylation is 1. The smallest absolute Gasteiger partial charge is 0.272 e. The van der Waals surface area contributed by atoms with Gasteiger partial charge in [-0.2, -0.15) is 4.99 Å². The Morgan fingerprint density at radius 3 is 2.88 bits per heavy atom. The summed E-state index contributed by atoms with van der Waals surface area (Å²) in [5.41, 5.74) is 1.51. The minimum atomic E-state index is -0.476. The van der Waals surface area contributed by atoms with E-state index in [1.165, 1.54) is 35.6 Å². The van der Waals surface area contributed by atoms with Gasteiger partial charge in [0.05, 0.1) is 15.1 Å². The van der Waals surface area contributed by atoms with Crippen molar-refractivity contribution in [3.8, 4) is 0 Å². The molecule has 132 valence electrons. The number of fused-ring (bicyclic) bond motifs is 1. The average Bonchev–Trinajstić information content (AvgIpc) is 2.96. The van der Waals surface area contributed by atoms with Crippen LogP contribution >= 0.6 is 22.9 Å². The van der Waals surface area contributed by atoms with Crippen LogP contribution in [0.4, 0.5) is 5.69 Å². The van der Waals surface area contributed by atoms with Crippen LogP contribution in [0.1, 0.15) is 12.5 Å². The van der Waals surface area contributed by atoms with E-state index in [0.29, 0.717) is 21.9 Å². The molecule has 3 rings (SSSR count). The van der Waals surface area contributed by atoms with Gasteiger partial charge in [-0.05, 0) is 36.8 Å². The van der Waals surface area contributed by atoms with Crippen LogP contribution < -0.4 is 4.80 Å². The summed E-state index contributed by atoms with van der Waals surface area (Å²) in [5.74, 6) is -0.434. The third-order valence-corrected chi connectivity index (χ3v) is 4.94. The molecular formula is C18H14ClN3O3S. The zero-order chi connectivity index (χ0) is 18.7. The Balaban J connectivity index is 1.92. The van der Waals surface area contributed by atoms with Gasteiger partial charge in [0.15, 0.2) is 4.80 Å². The molecule has 0 spiro atoms. The molecule has 1 amide bonds. The number of rotatable bonds is 4. The maximum absolute atomic E-state index is 12.2. The van der Waals surface area contributed by atoms with Crippen molar-refractivity contribution in [2.45, 2.75) is 13.5 Å². The molecule has 0 saturated carbocycles. The quantitative estimate of drug-likeness (QED) is 0.377. The molecule has 0 aliphatic rings. The summed E-state index contributed by atoms with van der Waals surface area (Å²) in [6, 6.07) is 11.6. The second kappa shape index (κ2) is 7.63. The fourth-order valence-electron chi connectivity index (χ4n) is 2.48. The second-order valence-electron chi connectivity index (χ2n) is 5.38. The van der Waals surface area contributed by atoms with Gasteiger partial charge >= 0.3 is 0 Å². The number of hydrogen-bond donors (Lipinski definition) is 0. The number of aromatic nitrogens is 1. The minimum absolute atomic E-state index is 0.0262. The van der Waals surface area contributed by atoms with E-state index in [9.17, 15) is 14.9 Å². The van der Waals surface area contributed by atoms with Crippen LogP contribution in [-0.2, 0) is 11.3 Å². The molecule has 3 aromatic rings. The fourth-order valence-corrected chi connectivity index (χ4v) is 3.85. The van der Waals surface area contributed by atoms with E-state index in [0.717, 1.165) is 10.2 Å². The predicted molar refractivity (Wildman–Crippen MR) is 103 cm³/mol. The minimum Gasteiger partial charge on any atom is -0.317 e. The van der Waals surface area contributed by atoms with Crippen molar-refractivity contribution >= 4 is 50.8 Å². The van der Waals surface area contributed by atoms with Crippen molar-refractivity contribution in [1.82, 2.24) is 4.57 Å². The van der Waals surface area contributed by atoms with E-state index in [1.54, 1.807) is 18.2 Å². The van der Waals surface area contributed by atoms with Crippen molar-refractivity contribution in [2.75, 3.05) is 0 Å². The molecule has 0 saturated heterocycles. The summed E-state index contributed by atoms with van der Waals surface area (Å²) in [5, 5.41) is 11.4. The first-order chi connectivity index (χ1) is 12.5. The molecule has 0 aliphatic heterocycles. The molecule has 0 atom stereocenters. The summed E-state index contributed by atoms with van der Waals surface area (Å²) in [6.45, 7) is 2.64. The molecule has 1 heterocycles. The van der Waals surface area contributed by atoms with Crippen LogP contribution in [0.2, 0.25) is 5.02 Å². The normalized spacial score (nSPS) is 12.2. The van der Waals surface area contributed by atoms with Gasteiger partial charge < -0.3 is 4.57 Å². The Bertz CT molecular complexity index is 1100. The van der Waals surface area contributed by atoms with E-state index in [1.807, 2.05) is 23.6 Å². The number of amides is 1. The van der Waals surface area contributed by atoms with Crippen molar-refractivity contribution in [3.05, 3.63) is 74.0 Å². The van der Waals surface area contributed by atoms with Crippen molar-refractivity contribution in [2.24, 2.45) is 4.99 Å². The highest BCUT2D eigenvalue weighted by atomic mass is 35.5. The lowest BCUT2D eigenvalue weighted by molar-refractivity contribution is -0.384. The molecule has 0 bridgehead atoms. The maximum atomic E-state index is 12.2. The number of nitrogens with zero attached hydrogens (tertiary/aromatic N) is 3. The number of halogens is 1. The molecule has 0 fully saturated rings. The zero-order valence-electron chi connectivity index (χ0n) is 13.8. The van der Waals surface area contributed by atoms with E-state index >= 15 is 0 Å². The molecule has 0 aliphatic carbocycles. The first-order valence-electron chi connectivity index (χ1n) is 7.78. The third kappa shape index (κ3) is 3.89. The van der Waals surface area contributed by atoms with Crippen LogP contribution in [0.15, 0.2) is 53.5 Å². The standard InChI is InChI=1S/C18H14ClN3O3S/c1-2-21-15-8-7-13(19)11-16(15)26-18(21)20-17(23)9-6-12-4-3-5-14(10-12)22(24)25/h3-11H,2H2,1H3. The van der Waals surface area contributed by atoms with Crippen LogP contribution in [-0.4, -0.2) is 15.4 Å². The average molecular weight is 388 g/mol. The lowest BCUT2D eigenvalue weighted by atomic mass is 10.2. The van der Waals surface area contributed by atoms with Crippen LogP contribution in [0, 0.1) is 10.1 Å². The summed E-state index contributed by atoms with van der Waals surface area (Å²) in [6.07, 6.45) is 2.82. The first-order valence-corrected chi connectivity index (χ1v) is 8.97. The fraction of sp³-hybridized carbons (Fsp3) is 0.111. The van der Waals surface area contributed by atoms with Crippen LogP contribution in [0.5, 0.6) is 0 Å². The van der Waals surface area contributed by atoms with Crippen molar-refractivity contribution < 1.29 is 9.72 Å². The third-order valence-electron chi connectivity index (χ3n) is 3.67. The second-order valence-corrected chi connectivity index (χ2v) is 6.82. The number of thiazole rings is 1. The van der Waals surface area contributed by atoms with Crippen LogP contribution in [0.25, 0.3) is 16.3 Å². The van der Waals surface area contributed by atoms with Gasteiger partial charge in [0.2, 0.25) is 0 Å². The predicted octanol–water partition coefficient (Wildman–Crippen LogP) is 4.43. The summed E-state index contributed by atoms with van der Waals surface area (Å²) >= 11 is 7.41. The van der Waals surface area contributed by atoms with Gasteiger partial charge in [-0.1, -0.05) is 35.1 Å². The van der Waals surface area contributed by atoms with Gasteiger partial charge in [-0.25, -0.2) is 0 Å². The highest BCUT2D eigenvalue weighted by Crippen LogP contribution is 2.21. The number of nitro benzene ring substituents is 1. The molecule has 0 N–H and O–H groups in total. The monoisotopic (exact) mass is 387 g/mol. The molecule has 8 heteroatoms. The number of carbonyl (C=O) groups excluding carboxylic acids is 1. The lowest BCUT2D eigenvalue weighted by Gasteiger charge is -1.99. The number of hydrogen-bond acceptors (Lipinski definition) is 4. The maximum Gasteiger partial charge on any atom is 0.272 e. The molecule has 0 unspecified atom stereocenters. The Morgan fingerprint density at radius 2 is 2.15 bits per heavy atom. The summed E-state index contributed by atoms with van der Waals surface area (Å²) in [4.78, 5) is 27.2. The van der Waals surface area contributed by atoms with Gasteiger partial charge in [0.25, 0.3) is 11.6 Å². The van der Waals surface area contributed by atoms with Crippen molar-refractivity contribution in [1.29, 1.82) is 0 Å². The van der Waals surface area contributed by atoms with Gasteiger partial charge in [-0.15, -0.1) is 0 Å². The number of non-ortho nitro benzene ring substituents is 1. The van der Waals surface area contributed by atoms with Gasteiger partial charge in [0, 0.05) is 29.8 Å². The van der Waals surface area contributed by atoms with E-state index in [-0.39, 0.29) is 5.69 Å². The van der Waals surface area contributed by atoms with Crippen molar-refractivity contribution in [3.63, 3.8) is 0 Å². The highest BCUT2D eigenvalue weighted by Gasteiger charge is 2.07. The molecule has 6 nitrogen and oxygen atoms in total. The molecular weight excluding hydrogens is 374 g/mol. The Hall–Kier alpha value is -2.77.